The van der Waals surface area contributed by atoms with E-state index >= 15 is 0 Å². The summed E-state index contributed by atoms with van der Waals surface area (Å²) in [5.74, 6) is -1.32. The van der Waals surface area contributed by atoms with Gasteiger partial charge in [0.1, 0.15) is 11.7 Å². The molecule has 2 aromatic rings. The summed E-state index contributed by atoms with van der Waals surface area (Å²) in [7, 11) is -4.04. The minimum Gasteiger partial charge on any atom is -0.390 e. The van der Waals surface area contributed by atoms with E-state index in [1.54, 1.807) is 12.1 Å². The van der Waals surface area contributed by atoms with Crippen molar-refractivity contribution in [3.63, 3.8) is 0 Å². The van der Waals surface area contributed by atoms with Gasteiger partial charge in [-0.15, -0.1) is 0 Å². The molecular formula is C37H52F3N5O6S. The van der Waals surface area contributed by atoms with Crippen LogP contribution in [0, 0.1) is 11.8 Å². The first kappa shape index (κ1) is 41.2. The number of rotatable bonds is 12. The van der Waals surface area contributed by atoms with Gasteiger partial charge in [0.05, 0.1) is 28.5 Å². The molecule has 1 aromatic heterocycles. The summed E-state index contributed by atoms with van der Waals surface area (Å²) < 4.78 is 63.4. The van der Waals surface area contributed by atoms with Gasteiger partial charge in [0, 0.05) is 31.1 Å². The highest BCUT2D eigenvalue weighted by molar-refractivity contribution is 7.92. The van der Waals surface area contributed by atoms with Crippen molar-refractivity contribution in [3.8, 4) is 0 Å². The average molecular weight is 752 g/mol. The number of halogens is 3. The second-order valence-corrected chi connectivity index (χ2v) is 18.4. The number of alkyl halides is 3. The lowest BCUT2D eigenvalue weighted by Crippen LogP contribution is -2.64. The second kappa shape index (κ2) is 16.2. The molecule has 0 spiro atoms. The fraction of sp³-hybridized carbons (Fsp3) is 0.622. The van der Waals surface area contributed by atoms with Gasteiger partial charge in [-0.3, -0.25) is 24.3 Å². The fourth-order valence-electron chi connectivity index (χ4n) is 7.09. The zero-order chi connectivity index (χ0) is 38.6. The van der Waals surface area contributed by atoms with Crippen LogP contribution in [-0.4, -0.2) is 95.0 Å². The maximum absolute atomic E-state index is 14.2. The molecule has 6 atom stereocenters. The van der Waals surface area contributed by atoms with Crippen LogP contribution < -0.4 is 16.0 Å². The van der Waals surface area contributed by atoms with Crippen LogP contribution in [0.5, 0.6) is 0 Å². The minimum absolute atomic E-state index is 0.0347. The number of sulfone groups is 1. The summed E-state index contributed by atoms with van der Waals surface area (Å²) in [6.07, 6.45) is 0.675. The topological polar surface area (TPSA) is 158 Å². The molecule has 1 saturated heterocycles. The van der Waals surface area contributed by atoms with Gasteiger partial charge in [-0.25, -0.2) is 8.42 Å². The molecule has 1 saturated carbocycles. The molecule has 2 aliphatic rings. The van der Waals surface area contributed by atoms with Gasteiger partial charge in [-0.1, -0.05) is 49.6 Å². The zero-order valence-corrected chi connectivity index (χ0v) is 31.5. The molecule has 15 heteroatoms. The lowest BCUT2D eigenvalue weighted by Gasteiger charge is -2.47. The van der Waals surface area contributed by atoms with Gasteiger partial charge >= 0.3 is 6.18 Å². The predicted molar refractivity (Wildman–Crippen MR) is 191 cm³/mol. The van der Waals surface area contributed by atoms with Crippen molar-refractivity contribution in [3.05, 3.63) is 65.5 Å². The van der Waals surface area contributed by atoms with Crippen molar-refractivity contribution >= 4 is 27.6 Å². The number of hydrogen-bond acceptors (Lipinski definition) is 8. The maximum Gasteiger partial charge on any atom is 0.433 e. The van der Waals surface area contributed by atoms with E-state index in [2.05, 4.69) is 20.9 Å². The highest BCUT2D eigenvalue weighted by atomic mass is 32.2. The smallest absolute Gasteiger partial charge is 0.390 e. The molecule has 4 rings (SSSR count). The Bertz CT molecular complexity index is 1670. The van der Waals surface area contributed by atoms with Crippen LogP contribution in [-0.2, 0) is 32.0 Å². The first-order valence-corrected chi connectivity index (χ1v) is 19.6. The molecule has 0 radical (unpaired) electrons. The monoisotopic (exact) mass is 751 g/mol. The fourth-order valence-corrected chi connectivity index (χ4v) is 7.69. The molecule has 1 aliphatic heterocycles. The summed E-state index contributed by atoms with van der Waals surface area (Å²) in [5.41, 5.74) is -1.25. The predicted octanol–water partition coefficient (Wildman–Crippen LogP) is 3.91. The van der Waals surface area contributed by atoms with E-state index in [1.165, 1.54) is 13.8 Å². The summed E-state index contributed by atoms with van der Waals surface area (Å²) in [4.78, 5) is 46.4. The number of carbonyl (C=O) groups is 3. The Morgan fingerprint density at radius 3 is 2.15 bits per heavy atom. The van der Waals surface area contributed by atoms with Crippen LogP contribution in [0.2, 0.25) is 0 Å². The van der Waals surface area contributed by atoms with Crippen LogP contribution in [0.3, 0.4) is 0 Å². The molecule has 52 heavy (non-hydrogen) atoms. The maximum atomic E-state index is 14.2. The average Bonchev–Trinajstić information content (AvgIpc) is 3.05. The van der Waals surface area contributed by atoms with Crippen molar-refractivity contribution in [1.82, 2.24) is 25.8 Å². The van der Waals surface area contributed by atoms with Crippen molar-refractivity contribution in [2.45, 2.75) is 114 Å². The molecule has 0 unspecified atom stereocenters. The molecular weight excluding hydrogens is 699 g/mol. The van der Waals surface area contributed by atoms with Gasteiger partial charge in [-0.2, -0.15) is 13.2 Å². The van der Waals surface area contributed by atoms with Gasteiger partial charge in [-0.05, 0) is 83.4 Å². The lowest BCUT2D eigenvalue weighted by atomic mass is 9.72. The molecule has 1 aliphatic carbocycles. The lowest BCUT2D eigenvalue weighted by molar-refractivity contribution is -0.141. The number of likely N-dealkylation sites (tertiary alicyclic amines) is 1. The van der Waals surface area contributed by atoms with Gasteiger partial charge < -0.3 is 21.1 Å². The van der Waals surface area contributed by atoms with E-state index in [-0.39, 0.29) is 24.4 Å². The van der Waals surface area contributed by atoms with Crippen molar-refractivity contribution in [2.24, 2.45) is 11.8 Å². The summed E-state index contributed by atoms with van der Waals surface area (Å²) >= 11 is 0. The van der Waals surface area contributed by atoms with Crippen molar-refractivity contribution in [1.29, 1.82) is 0 Å². The number of hydrogen-bond donors (Lipinski definition) is 4. The Morgan fingerprint density at radius 1 is 0.962 bits per heavy atom. The number of aliphatic hydroxyl groups excluding tert-OH is 1. The second-order valence-electron chi connectivity index (χ2n) is 15.8. The highest BCUT2D eigenvalue weighted by Gasteiger charge is 2.46. The third-order valence-electron chi connectivity index (χ3n) is 10.3. The largest absolute Gasteiger partial charge is 0.433 e. The summed E-state index contributed by atoms with van der Waals surface area (Å²) in [5, 5.41) is 20.2. The standard InChI is InChI=1S/C37H52F3N5O6S/c1-35(2,3)44-33(48)28-19-24-14-10-11-15-26(24)21-45(28)22-29(46)27(18-23-12-8-7-9-13-23)42-34(49)31(36(4,5)52(6,50)51)43-32(47)25-16-17-30(41-20-25)37(38,39)40/h7-9,12-13,16-17,20,24,26-29,31,46H,10-11,14-15,18-19,21-22H2,1-6H3,(H,42,49)(H,43,47)(H,44,48)/t24-,26+,27-,28-,29+,31+/m0/s1. The number of aliphatic hydroxyl groups is 1. The molecule has 288 valence electrons. The summed E-state index contributed by atoms with van der Waals surface area (Å²) in [6.45, 7) is 8.86. The van der Waals surface area contributed by atoms with Crippen LogP contribution in [0.4, 0.5) is 13.2 Å². The quantitative estimate of drug-likeness (QED) is 0.255. The Hall–Kier alpha value is -3.56. The van der Waals surface area contributed by atoms with Gasteiger partial charge in [0.15, 0.2) is 9.84 Å². The molecule has 4 N–H and O–H groups in total. The molecule has 11 nitrogen and oxygen atoms in total. The Labute approximate surface area is 304 Å². The van der Waals surface area contributed by atoms with E-state index in [4.69, 9.17) is 0 Å². The van der Waals surface area contributed by atoms with Crippen LogP contribution in [0.25, 0.3) is 0 Å². The first-order chi connectivity index (χ1) is 24.1. The number of amides is 3. The number of aromatic nitrogens is 1. The number of pyridine rings is 1. The SMILES string of the molecule is CC(C)(C)NC(=O)[C@@H]1C[C@@H]2CCCC[C@@H]2CN1C[C@@H](O)[C@H](Cc1ccccc1)NC(=O)[C@@H](NC(=O)c1ccc(C(F)(F)F)nc1)C(C)(C)S(C)(=O)=O. The number of piperidine rings is 1. The number of nitrogens with one attached hydrogen (secondary N) is 3. The molecule has 2 fully saturated rings. The van der Waals surface area contributed by atoms with E-state index < -0.39 is 68.0 Å². The van der Waals surface area contributed by atoms with E-state index in [0.29, 0.717) is 37.1 Å². The number of nitrogens with zero attached hydrogens (tertiary/aromatic N) is 2. The third kappa shape index (κ3) is 10.5. The van der Waals surface area contributed by atoms with E-state index in [0.717, 1.165) is 43.6 Å². The zero-order valence-electron chi connectivity index (χ0n) is 30.7. The van der Waals surface area contributed by atoms with E-state index in [9.17, 15) is 41.1 Å². The third-order valence-corrected chi connectivity index (χ3v) is 12.5. The van der Waals surface area contributed by atoms with Crippen LogP contribution in [0.15, 0.2) is 48.7 Å². The molecule has 3 amide bonds. The molecule has 0 bridgehead atoms. The number of fused-ring (bicyclic) bond motifs is 1. The van der Waals surface area contributed by atoms with Crippen LogP contribution in [0.1, 0.15) is 88.3 Å². The van der Waals surface area contributed by atoms with Crippen molar-refractivity contribution in [2.75, 3.05) is 19.3 Å². The first-order valence-electron chi connectivity index (χ1n) is 17.7. The number of carbonyl (C=O) groups excluding carboxylic acids is 3. The highest BCUT2D eigenvalue weighted by Crippen LogP contribution is 2.39. The number of benzene rings is 1. The summed E-state index contributed by atoms with van der Waals surface area (Å²) in [6, 6.07) is 7.32. The van der Waals surface area contributed by atoms with Gasteiger partial charge in [0.25, 0.3) is 5.91 Å². The Balaban J connectivity index is 1.63. The molecule has 2 heterocycles. The van der Waals surface area contributed by atoms with Crippen molar-refractivity contribution < 1.29 is 41.1 Å². The van der Waals surface area contributed by atoms with E-state index in [1.807, 2.05) is 43.9 Å². The van der Waals surface area contributed by atoms with Crippen LogP contribution >= 0.6 is 0 Å². The van der Waals surface area contributed by atoms with Gasteiger partial charge in [0.2, 0.25) is 11.8 Å². The number of β-amino-alcohol motifs (C(OH)–C–C–N with tert-alkyl or cyclic N) is 1. The normalized spacial score (nSPS) is 22.0. The minimum atomic E-state index is -4.74. The molecule has 1 aromatic carbocycles. The Morgan fingerprint density at radius 2 is 1.60 bits per heavy atom. The Kier molecular flexibility index (Phi) is 12.8.